The minimum absolute atomic E-state index is 0.0129. The van der Waals surface area contributed by atoms with Crippen molar-refractivity contribution in [2.45, 2.75) is 0 Å². The summed E-state index contributed by atoms with van der Waals surface area (Å²) in [7, 11) is 2.00. The van der Waals surface area contributed by atoms with E-state index in [-0.39, 0.29) is 16.9 Å². The number of benzene rings is 1. The minimum Gasteiger partial charge on any atom is -0.393 e. The summed E-state index contributed by atoms with van der Waals surface area (Å²) in [6.45, 7) is 3.02. The molecule has 1 amide bonds. The molecule has 1 aromatic rings. The van der Waals surface area contributed by atoms with Crippen molar-refractivity contribution < 1.29 is 9.72 Å². The van der Waals surface area contributed by atoms with E-state index in [0.29, 0.717) is 13.1 Å². The molecule has 1 fully saturated rings. The summed E-state index contributed by atoms with van der Waals surface area (Å²) in [4.78, 5) is 24.7. The average Bonchev–Trinajstić information content (AvgIpc) is 2.40. The molecular weight excluding hydrogens is 262 g/mol. The number of nitrogens with two attached hydrogens (primary N) is 1. The molecule has 108 valence electrons. The number of carbonyl (C=O) groups excluding carboxylic acids is 1. The molecule has 0 aliphatic carbocycles. The number of nitrogens with one attached hydrogen (secondary N) is 1. The molecule has 1 heterocycles. The summed E-state index contributed by atoms with van der Waals surface area (Å²) in [6, 6.07) is 4.34. The molecule has 8 heteroatoms. The van der Waals surface area contributed by atoms with E-state index in [1.807, 2.05) is 7.05 Å². The Morgan fingerprint density at radius 2 is 2.00 bits per heavy atom. The molecule has 1 aromatic carbocycles. The van der Waals surface area contributed by atoms with Crippen molar-refractivity contribution in [3.63, 3.8) is 0 Å². The number of hydrogen-bond acceptors (Lipinski definition) is 6. The van der Waals surface area contributed by atoms with E-state index in [9.17, 15) is 14.9 Å². The zero-order valence-corrected chi connectivity index (χ0v) is 11.2. The lowest BCUT2D eigenvalue weighted by Crippen LogP contribution is -2.52. The normalized spacial score (nSPS) is 16.9. The standard InChI is InChI=1S/C12H17N5O3/c1-15-5-7-16(8-6-15)14-12(18)9-3-2-4-10(13)11(9)17(19)20/h2-4H,5-8,13H2,1H3,(H,14,18). The van der Waals surface area contributed by atoms with Crippen molar-refractivity contribution in [2.24, 2.45) is 0 Å². The lowest BCUT2D eigenvalue weighted by atomic mass is 10.1. The van der Waals surface area contributed by atoms with E-state index in [2.05, 4.69) is 10.3 Å². The predicted octanol–water partition coefficient (Wildman–Crippen LogP) is 0.0692. The highest BCUT2D eigenvalue weighted by Gasteiger charge is 2.25. The Kier molecular flexibility index (Phi) is 4.16. The number of hydrazine groups is 1. The number of nitrogens with zero attached hydrogens (tertiary/aromatic N) is 3. The maximum Gasteiger partial charge on any atom is 0.304 e. The molecule has 2 rings (SSSR count). The van der Waals surface area contributed by atoms with Crippen molar-refractivity contribution in [3.8, 4) is 0 Å². The molecule has 0 spiro atoms. The second kappa shape index (κ2) is 5.85. The summed E-state index contributed by atoms with van der Waals surface area (Å²) < 4.78 is 0. The smallest absolute Gasteiger partial charge is 0.304 e. The fraction of sp³-hybridized carbons (Fsp3) is 0.417. The average molecular weight is 279 g/mol. The summed E-state index contributed by atoms with van der Waals surface area (Å²) in [5, 5.41) is 12.8. The van der Waals surface area contributed by atoms with Crippen LogP contribution in [0.1, 0.15) is 10.4 Å². The first-order chi connectivity index (χ1) is 9.49. The third-order valence-electron chi connectivity index (χ3n) is 3.26. The van der Waals surface area contributed by atoms with E-state index in [1.165, 1.54) is 18.2 Å². The third-order valence-corrected chi connectivity index (χ3v) is 3.26. The first-order valence-electron chi connectivity index (χ1n) is 6.26. The largest absolute Gasteiger partial charge is 0.393 e. The molecule has 0 aromatic heterocycles. The first-order valence-corrected chi connectivity index (χ1v) is 6.26. The predicted molar refractivity (Wildman–Crippen MR) is 74.0 cm³/mol. The highest BCUT2D eigenvalue weighted by Crippen LogP contribution is 2.25. The number of para-hydroxylation sites is 1. The van der Waals surface area contributed by atoms with Gasteiger partial charge in [0, 0.05) is 26.2 Å². The molecule has 20 heavy (non-hydrogen) atoms. The van der Waals surface area contributed by atoms with Gasteiger partial charge in [-0.2, -0.15) is 0 Å². The van der Waals surface area contributed by atoms with Gasteiger partial charge in [-0.15, -0.1) is 0 Å². The summed E-state index contributed by atoms with van der Waals surface area (Å²) in [5.41, 5.74) is 7.87. The Bertz CT molecular complexity index is 526. The summed E-state index contributed by atoms with van der Waals surface area (Å²) in [5.74, 6) is -0.506. The van der Waals surface area contributed by atoms with Crippen LogP contribution in [0.25, 0.3) is 0 Å². The zero-order valence-electron chi connectivity index (χ0n) is 11.2. The van der Waals surface area contributed by atoms with Gasteiger partial charge in [-0.1, -0.05) is 6.07 Å². The van der Waals surface area contributed by atoms with Crippen LogP contribution in [0, 0.1) is 10.1 Å². The molecule has 0 saturated carbocycles. The summed E-state index contributed by atoms with van der Waals surface area (Å²) >= 11 is 0. The fourth-order valence-electron chi connectivity index (χ4n) is 2.07. The van der Waals surface area contributed by atoms with Gasteiger partial charge in [0.1, 0.15) is 11.3 Å². The number of likely N-dealkylation sites (N-methyl/N-ethyl adjacent to an activating group) is 1. The van der Waals surface area contributed by atoms with Crippen molar-refractivity contribution in [1.82, 2.24) is 15.3 Å². The van der Waals surface area contributed by atoms with Gasteiger partial charge in [0.25, 0.3) is 5.91 Å². The fourth-order valence-corrected chi connectivity index (χ4v) is 2.07. The molecule has 0 atom stereocenters. The molecule has 1 aliphatic heterocycles. The maximum absolute atomic E-state index is 12.1. The molecule has 1 saturated heterocycles. The first kappa shape index (κ1) is 14.2. The van der Waals surface area contributed by atoms with Crippen LogP contribution < -0.4 is 11.2 Å². The van der Waals surface area contributed by atoms with Gasteiger partial charge >= 0.3 is 5.69 Å². The quantitative estimate of drug-likeness (QED) is 0.461. The van der Waals surface area contributed by atoms with Crippen molar-refractivity contribution in [2.75, 3.05) is 39.0 Å². The van der Waals surface area contributed by atoms with Gasteiger partial charge in [-0.05, 0) is 19.2 Å². The molecule has 8 nitrogen and oxygen atoms in total. The summed E-state index contributed by atoms with van der Waals surface area (Å²) in [6.07, 6.45) is 0. The third kappa shape index (κ3) is 3.03. The topological polar surface area (TPSA) is 105 Å². The van der Waals surface area contributed by atoms with E-state index < -0.39 is 10.8 Å². The Morgan fingerprint density at radius 1 is 1.35 bits per heavy atom. The molecule has 0 unspecified atom stereocenters. The van der Waals surface area contributed by atoms with E-state index >= 15 is 0 Å². The minimum atomic E-state index is -0.631. The molecule has 0 bridgehead atoms. The number of carbonyl (C=O) groups is 1. The highest BCUT2D eigenvalue weighted by molar-refractivity contribution is 5.99. The number of anilines is 1. The van der Waals surface area contributed by atoms with Gasteiger partial charge in [0.15, 0.2) is 0 Å². The zero-order chi connectivity index (χ0) is 14.7. The van der Waals surface area contributed by atoms with Crippen LogP contribution in [0.3, 0.4) is 0 Å². The Morgan fingerprint density at radius 3 is 2.60 bits per heavy atom. The van der Waals surface area contributed by atoms with Gasteiger partial charge < -0.3 is 10.6 Å². The Hall–Kier alpha value is -2.19. The molecule has 0 radical (unpaired) electrons. The van der Waals surface area contributed by atoms with Crippen LogP contribution in [0.15, 0.2) is 18.2 Å². The van der Waals surface area contributed by atoms with Crippen LogP contribution in [0.4, 0.5) is 11.4 Å². The second-order valence-corrected chi connectivity index (χ2v) is 4.73. The number of nitro benzene ring substituents is 1. The molecule has 3 N–H and O–H groups in total. The van der Waals surface area contributed by atoms with E-state index in [4.69, 9.17) is 5.73 Å². The monoisotopic (exact) mass is 279 g/mol. The van der Waals surface area contributed by atoms with Crippen molar-refractivity contribution in [1.29, 1.82) is 0 Å². The number of piperazine rings is 1. The lowest BCUT2D eigenvalue weighted by Gasteiger charge is -2.32. The number of nitrogen functional groups attached to an aromatic ring is 1. The van der Waals surface area contributed by atoms with E-state index in [1.54, 1.807) is 5.01 Å². The van der Waals surface area contributed by atoms with Crippen LogP contribution in [-0.2, 0) is 0 Å². The van der Waals surface area contributed by atoms with Gasteiger partial charge in [-0.25, -0.2) is 5.01 Å². The number of rotatable bonds is 3. The highest BCUT2D eigenvalue weighted by atomic mass is 16.6. The van der Waals surface area contributed by atoms with Crippen LogP contribution in [0.2, 0.25) is 0 Å². The molecule has 1 aliphatic rings. The lowest BCUT2D eigenvalue weighted by molar-refractivity contribution is -0.384. The van der Waals surface area contributed by atoms with Crippen LogP contribution in [0.5, 0.6) is 0 Å². The number of amides is 1. The van der Waals surface area contributed by atoms with Gasteiger partial charge in [0.05, 0.1) is 4.92 Å². The number of nitro groups is 1. The SMILES string of the molecule is CN1CCN(NC(=O)c2cccc(N)c2[N+](=O)[O-])CC1. The second-order valence-electron chi connectivity index (χ2n) is 4.73. The van der Waals surface area contributed by atoms with Gasteiger partial charge in [-0.3, -0.25) is 20.3 Å². The van der Waals surface area contributed by atoms with Gasteiger partial charge in [0.2, 0.25) is 0 Å². The van der Waals surface area contributed by atoms with Crippen molar-refractivity contribution in [3.05, 3.63) is 33.9 Å². The van der Waals surface area contributed by atoms with Crippen LogP contribution in [-0.4, -0.2) is 54.0 Å². The Labute approximate surface area is 116 Å². The maximum atomic E-state index is 12.1. The van der Waals surface area contributed by atoms with Crippen LogP contribution >= 0.6 is 0 Å². The molecular formula is C12H17N5O3. The van der Waals surface area contributed by atoms with Crippen molar-refractivity contribution >= 4 is 17.3 Å². The van der Waals surface area contributed by atoms with E-state index in [0.717, 1.165) is 13.1 Å². The Balaban J connectivity index is 2.13. The number of hydrogen-bond donors (Lipinski definition) is 2.